The summed E-state index contributed by atoms with van der Waals surface area (Å²) in [5.41, 5.74) is 0.509. The van der Waals surface area contributed by atoms with E-state index in [1.54, 1.807) is 24.3 Å². The van der Waals surface area contributed by atoms with E-state index in [9.17, 15) is 14.0 Å². The number of ether oxygens (including phenoxy) is 2. The summed E-state index contributed by atoms with van der Waals surface area (Å²) in [5.74, 6) is 0.258. The molecular weight excluding hydrogens is 533 g/mol. The van der Waals surface area contributed by atoms with Crippen molar-refractivity contribution in [2.75, 3.05) is 52.5 Å². The summed E-state index contributed by atoms with van der Waals surface area (Å²) in [4.78, 5) is 32.5. The fourth-order valence-electron chi connectivity index (χ4n) is 5.10. The van der Waals surface area contributed by atoms with E-state index in [4.69, 9.17) is 13.9 Å². The third-order valence-electron chi connectivity index (χ3n) is 7.26. The summed E-state index contributed by atoms with van der Waals surface area (Å²) in [6.45, 7) is 6.58. The number of furan rings is 1. The lowest BCUT2D eigenvalue weighted by Gasteiger charge is -2.33. The zero-order valence-corrected chi connectivity index (χ0v) is 23.2. The molecule has 4 heterocycles. The lowest BCUT2D eigenvalue weighted by Crippen LogP contribution is -2.47. The SMILES string of the molecule is Cc1ccc(-c2nnn(CC(=O)N(CCCN3CCOCC3)[C@H](C(=O)NC[C@@H]3CCCO3)c3ccc(F)cc3)n2)o1. The van der Waals surface area contributed by atoms with Gasteiger partial charge < -0.3 is 24.1 Å². The maximum absolute atomic E-state index is 13.9. The third-order valence-corrected chi connectivity index (χ3v) is 7.26. The van der Waals surface area contributed by atoms with Crippen LogP contribution in [-0.4, -0.2) is 100 Å². The van der Waals surface area contributed by atoms with Gasteiger partial charge in [0.25, 0.3) is 0 Å². The number of amides is 2. The molecule has 0 aliphatic carbocycles. The number of halogens is 1. The van der Waals surface area contributed by atoms with Crippen LogP contribution in [0, 0.1) is 12.7 Å². The predicted octanol–water partition coefficient (Wildman–Crippen LogP) is 1.97. The molecule has 0 saturated carbocycles. The Morgan fingerprint density at radius 1 is 1.15 bits per heavy atom. The van der Waals surface area contributed by atoms with Crippen molar-refractivity contribution in [3.8, 4) is 11.6 Å². The summed E-state index contributed by atoms with van der Waals surface area (Å²) < 4.78 is 30.5. The maximum atomic E-state index is 13.9. The number of tetrazole rings is 1. The van der Waals surface area contributed by atoms with Gasteiger partial charge in [-0.3, -0.25) is 14.5 Å². The maximum Gasteiger partial charge on any atom is 0.247 e. The quantitative estimate of drug-likeness (QED) is 0.348. The van der Waals surface area contributed by atoms with Crippen LogP contribution in [0.5, 0.6) is 0 Å². The minimum Gasteiger partial charge on any atom is -0.458 e. The van der Waals surface area contributed by atoms with Gasteiger partial charge in [0.05, 0.1) is 19.3 Å². The molecule has 2 atom stereocenters. The van der Waals surface area contributed by atoms with E-state index in [0.29, 0.717) is 56.4 Å². The number of aryl methyl sites for hydroxylation is 1. The summed E-state index contributed by atoms with van der Waals surface area (Å²) >= 11 is 0. The van der Waals surface area contributed by atoms with E-state index in [2.05, 4.69) is 25.6 Å². The highest BCUT2D eigenvalue weighted by Gasteiger charge is 2.32. The van der Waals surface area contributed by atoms with Crippen LogP contribution in [0.1, 0.15) is 36.6 Å². The van der Waals surface area contributed by atoms with Crippen molar-refractivity contribution in [3.63, 3.8) is 0 Å². The molecule has 220 valence electrons. The van der Waals surface area contributed by atoms with Crippen LogP contribution in [0.15, 0.2) is 40.8 Å². The third kappa shape index (κ3) is 7.75. The van der Waals surface area contributed by atoms with Crippen LogP contribution in [0.25, 0.3) is 11.6 Å². The molecule has 3 aromatic rings. The van der Waals surface area contributed by atoms with Crippen LogP contribution < -0.4 is 5.32 Å². The van der Waals surface area contributed by atoms with Crippen molar-refractivity contribution in [3.05, 3.63) is 53.5 Å². The number of nitrogens with zero attached hydrogens (tertiary/aromatic N) is 6. The average molecular weight is 570 g/mol. The van der Waals surface area contributed by atoms with Gasteiger partial charge in [-0.15, -0.1) is 10.2 Å². The topological polar surface area (TPSA) is 128 Å². The fourth-order valence-corrected chi connectivity index (χ4v) is 5.10. The van der Waals surface area contributed by atoms with Crippen LogP contribution in [0.2, 0.25) is 0 Å². The Balaban J connectivity index is 1.36. The summed E-state index contributed by atoms with van der Waals surface area (Å²) in [5, 5.41) is 15.3. The summed E-state index contributed by atoms with van der Waals surface area (Å²) in [6, 6.07) is 8.22. The van der Waals surface area contributed by atoms with Crippen LogP contribution in [0.4, 0.5) is 4.39 Å². The Kier molecular flexibility index (Phi) is 9.70. The number of nitrogens with one attached hydrogen (secondary N) is 1. The molecule has 2 saturated heterocycles. The van der Waals surface area contributed by atoms with Gasteiger partial charge in [0.2, 0.25) is 17.6 Å². The molecule has 2 amide bonds. The lowest BCUT2D eigenvalue weighted by atomic mass is 10.0. The highest BCUT2D eigenvalue weighted by Crippen LogP contribution is 2.24. The molecule has 12 nitrogen and oxygen atoms in total. The van der Waals surface area contributed by atoms with E-state index in [-0.39, 0.29) is 30.3 Å². The van der Waals surface area contributed by atoms with Crippen LogP contribution in [-0.2, 0) is 25.6 Å². The first-order valence-electron chi connectivity index (χ1n) is 14.1. The predicted molar refractivity (Wildman–Crippen MR) is 145 cm³/mol. The van der Waals surface area contributed by atoms with Crippen molar-refractivity contribution < 1.29 is 27.9 Å². The molecule has 0 spiro atoms. The van der Waals surface area contributed by atoms with Crippen molar-refractivity contribution in [2.24, 2.45) is 0 Å². The monoisotopic (exact) mass is 569 g/mol. The standard InChI is InChI=1S/C28H36FN7O5/c1-20-5-10-24(41-20)27-31-33-36(32-27)19-25(37)35(12-3-11-34-13-16-39-17-14-34)26(21-6-8-22(29)9-7-21)28(38)30-18-23-4-2-15-40-23/h5-10,23,26H,2-4,11-19H2,1H3,(H,30,38)/t23-,26-/m0/s1. The van der Waals surface area contributed by atoms with Gasteiger partial charge in [-0.05, 0) is 61.2 Å². The second-order valence-corrected chi connectivity index (χ2v) is 10.3. The Hall–Kier alpha value is -3.68. The molecule has 13 heteroatoms. The molecule has 41 heavy (non-hydrogen) atoms. The van der Waals surface area contributed by atoms with Gasteiger partial charge in [-0.2, -0.15) is 4.80 Å². The highest BCUT2D eigenvalue weighted by atomic mass is 19.1. The number of aromatic nitrogens is 4. The Morgan fingerprint density at radius 2 is 1.95 bits per heavy atom. The Bertz CT molecular complexity index is 1280. The number of benzene rings is 1. The Labute approximate surface area is 237 Å². The van der Waals surface area contributed by atoms with Gasteiger partial charge in [0.15, 0.2) is 5.76 Å². The first-order chi connectivity index (χ1) is 20.0. The number of hydrogen-bond acceptors (Lipinski definition) is 9. The summed E-state index contributed by atoms with van der Waals surface area (Å²) in [6.07, 6.45) is 2.36. The molecule has 1 N–H and O–H groups in total. The number of rotatable bonds is 12. The van der Waals surface area contributed by atoms with Gasteiger partial charge in [-0.25, -0.2) is 4.39 Å². The average Bonchev–Trinajstić information content (AvgIpc) is 3.75. The second kappa shape index (κ2) is 13.8. The smallest absolute Gasteiger partial charge is 0.247 e. The van der Waals surface area contributed by atoms with Crippen LogP contribution in [0.3, 0.4) is 0 Å². The first-order valence-corrected chi connectivity index (χ1v) is 14.1. The molecular formula is C28H36FN7O5. The minimum absolute atomic E-state index is 0.0682. The molecule has 2 aromatic heterocycles. The van der Waals surface area contributed by atoms with E-state index < -0.39 is 11.9 Å². The first kappa shape index (κ1) is 28.8. The van der Waals surface area contributed by atoms with Gasteiger partial charge >= 0.3 is 0 Å². The van der Waals surface area contributed by atoms with Crippen molar-refractivity contribution in [2.45, 2.75) is 44.9 Å². The molecule has 2 fully saturated rings. The van der Waals surface area contributed by atoms with Gasteiger partial charge in [0.1, 0.15) is 24.2 Å². The van der Waals surface area contributed by atoms with Crippen molar-refractivity contribution >= 4 is 11.8 Å². The zero-order chi connectivity index (χ0) is 28.6. The molecule has 1 aromatic carbocycles. The van der Waals surface area contributed by atoms with Crippen molar-refractivity contribution in [1.82, 2.24) is 35.3 Å². The van der Waals surface area contributed by atoms with E-state index >= 15 is 0 Å². The Morgan fingerprint density at radius 3 is 2.66 bits per heavy atom. The molecule has 5 rings (SSSR count). The molecule has 2 aliphatic heterocycles. The normalized spacial score (nSPS) is 18.3. The van der Waals surface area contributed by atoms with E-state index in [1.165, 1.54) is 21.8 Å². The second-order valence-electron chi connectivity index (χ2n) is 10.3. The lowest BCUT2D eigenvalue weighted by molar-refractivity contribution is -0.142. The fraction of sp³-hybridized carbons (Fsp3) is 0.536. The number of carbonyl (C=O) groups excluding carboxylic acids is 2. The number of carbonyl (C=O) groups is 2. The molecule has 0 radical (unpaired) electrons. The number of hydrogen-bond donors (Lipinski definition) is 1. The highest BCUT2D eigenvalue weighted by molar-refractivity contribution is 5.88. The van der Waals surface area contributed by atoms with Crippen molar-refractivity contribution in [1.29, 1.82) is 0 Å². The van der Waals surface area contributed by atoms with Gasteiger partial charge in [0, 0.05) is 39.3 Å². The zero-order valence-electron chi connectivity index (χ0n) is 23.2. The molecule has 0 bridgehead atoms. The largest absolute Gasteiger partial charge is 0.458 e. The molecule has 0 unspecified atom stereocenters. The number of morpholine rings is 1. The van der Waals surface area contributed by atoms with Crippen LogP contribution >= 0.6 is 0 Å². The summed E-state index contributed by atoms with van der Waals surface area (Å²) in [7, 11) is 0. The van der Waals surface area contributed by atoms with E-state index in [0.717, 1.165) is 32.5 Å². The van der Waals surface area contributed by atoms with Gasteiger partial charge in [-0.1, -0.05) is 12.1 Å². The minimum atomic E-state index is -0.982. The molecule has 2 aliphatic rings. The van der Waals surface area contributed by atoms with E-state index in [1.807, 2.05) is 6.92 Å².